The summed E-state index contributed by atoms with van der Waals surface area (Å²) in [5.41, 5.74) is 2.32. The van der Waals surface area contributed by atoms with Crippen LogP contribution in [0.15, 0.2) is 47.6 Å². The summed E-state index contributed by atoms with van der Waals surface area (Å²) in [7, 11) is 1.61. The Labute approximate surface area is 190 Å². The Morgan fingerprint density at radius 3 is 2.62 bits per heavy atom. The number of hydrogen-bond acceptors (Lipinski definition) is 7. The minimum atomic E-state index is -0.287. The first-order valence-electron chi connectivity index (χ1n) is 10.4. The molecule has 0 atom stereocenters. The molecule has 0 spiro atoms. The Kier molecular flexibility index (Phi) is 7.51. The Bertz CT molecular complexity index is 1050. The van der Waals surface area contributed by atoms with E-state index in [2.05, 4.69) is 19.7 Å². The number of thioether (sulfide) groups is 1. The quantitative estimate of drug-likeness (QED) is 0.360. The van der Waals surface area contributed by atoms with Crippen LogP contribution in [0.2, 0.25) is 0 Å². The van der Waals surface area contributed by atoms with Crippen molar-refractivity contribution in [1.29, 1.82) is 0 Å². The van der Waals surface area contributed by atoms with Crippen LogP contribution in [0.1, 0.15) is 15.9 Å². The summed E-state index contributed by atoms with van der Waals surface area (Å²) in [5.74, 6) is 1.71. The Hall–Kier alpha value is -2.75. The number of aromatic nitrogens is 3. The standard InChI is InChI=1S/C23H25FN4O3S/c1-30-21-7-2-17(15-29)14-19(21)16-32-23-26-25-22(18-3-5-20(24)6-4-18)28(23)9-8-27-10-12-31-13-11-27/h2-7,14-15H,8-13,16H2,1H3. The van der Waals surface area contributed by atoms with Gasteiger partial charge in [-0.3, -0.25) is 9.69 Å². The summed E-state index contributed by atoms with van der Waals surface area (Å²) in [6, 6.07) is 11.7. The molecule has 0 aliphatic carbocycles. The topological polar surface area (TPSA) is 69.5 Å². The molecule has 0 N–H and O–H groups in total. The molecule has 1 aromatic heterocycles. The molecule has 2 aromatic carbocycles. The minimum absolute atomic E-state index is 0.287. The smallest absolute Gasteiger partial charge is 0.191 e. The summed E-state index contributed by atoms with van der Waals surface area (Å²) in [6.07, 6.45) is 0.824. The SMILES string of the molecule is COc1ccc(C=O)cc1CSc1nnc(-c2ccc(F)cc2)n1CCN1CCOCC1. The van der Waals surface area contributed by atoms with Gasteiger partial charge in [-0.15, -0.1) is 10.2 Å². The van der Waals surface area contributed by atoms with Gasteiger partial charge < -0.3 is 14.0 Å². The highest BCUT2D eigenvalue weighted by molar-refractivity contribution is 7.98. The predicted octanol–water partition coefficient (Wildman–Crippen LogP) is 3.53. The Balaban J connectivity index is 1.58. The van der Waals surface area contributed by atoms with Gasteiger partial charge in [-0.05, 0) is 42.5 Å². The summed E-state index contributed by atoms with van der Waals surface area (Å²) in [4.78, 5) is 13.5. The third-order valence-electron chi connectivity index (χ3n) is 5.36. The molecular weight excluding hydrogens is 431 g/mol. The number of aldehydes is 1. The van der Waals surface area contributed by atoms with Crippen molar-refractivity contribution in [2.75, 3.05) is 40.0 Å². The van der Waals surface area contributed by atoms with E-state index < -0.39 is 0 Å². The van der Waals surface area contributed by atoms with Gasteiger partial charge in [0.05, 0.1) is 20.3 Å². The van der Waals surface area contributed by atoms with E-state index in [0.717, 1.165) is 61.2 Å². The maximum atomic E-state index is 13.4. The number of carbonyl (C=O) groups is 1. The third-order valence-corrected chi connectivity index (χ3v) is 6.38. The van der Waals surface area contributed by atoms with Gasteiger partial charge in [0.15, 0.2) is 11.0 Å². The summed E-state index contributed by atoms with van der Waals surface area (Å²) in [6.45, 7) is 4.81. The normalized spacial score (nSPS) is 14.4. The van der Waals surface area contributed by atoms with Crippen molar-refractivity contribution in [2.45, 2.75) is 17.5 Å². The van der Waals surface area contributed by atoms with Crippen molar-refractivity contribution >= 4 is 18.0 Å². The molecule has 0 unspecified atom stereocenters. The number of morpholine rings is 1. The van der Waals surface area contributed by atoms with Crippen LogP contribution >= 0.6 is 11.8 Å². The molecule has 4 rings (SSSR count). The number of nitrogens with zero attached hydrogens (tertiary/aromatic N) is 4. The van der Waals surface area contributed by atoms with Gasteiger partial charge in [-0.1, -0.05) is 11.8 Å². The molecule has 0 saturated carbocycles. The van der Waals surface area contributed by atoms with Gasteiger partial charge in [0.1, 0.15) is 17.9 Å². The maximum absolute atomic E-state index is 13.4. The first kappa shape index (κ1) is 22.4. The lowest BCUT2D eigenvalue weighted by atomic mass is 10.1. The molecule has 9 heteroatoms. The highest BCUT2D eigenvalue weighted by atomic mass is 32.2. The van der Waals surface area contributed by atoms with E-state index in [1.807, 2.05) is 6.07 Å². The fourth-order valence-electron chi connectivity index (χ4n) is 3.60. The van der Waals surface area contributed by atoms with Gasteiger partial charge in [-0.2, -0.15) is 0 Å². The molecule has 32 heavy (non-hydrogen) atoms. The van der Waals surface area contributed by atoms with Crippen LogP contribution < -0.4 is 4.74 Å². The van der Waals surface area contributed by atoms with E-state index in [1.165, 1.54) is 23.9 Å². The van der Waals surface area contributed by atoms with Crippen molar-refractivity contribution in [3.63, 3.8) is 0 Å². The zero-order valence-corrected chi connectivity index (χ0v) is 18.7. The summed E-state index contributed by atoms with van der Waals surface area (Å²) >= 11 is 1.53. The monoisotopic (exact) mass is 456 g/mol. The first-order chi connectivity index (χ1) is 15.7. The maximum Gasteiger partial charge on any atom is 0.191 e. The molecule has 2 heterocycles. The largest absolute Gasteiger partial charge is 0.496 e. The van der Waals surface area contributed by atoms with E-state index >= 15 is 0 Å². The predicted molar refractivity (Wildman–Crippen MR) is 121 cm³/mol. The van der Waals surface area contributed by atoms with Gasteiger partial charge in [0, 0.05) is 48.6 Å². The Morgan fingerprint density at radius 1 is 1.12 bits per heavy atom. The molecule has 0 radical (unpaired) electrons. The lowest BCUT2D eigenvalue weighted by Gasteiger charge is -2.27. The number of benzene rings is 2. The van der Waals surface area contributed by atoms with Crippen molar-refractivity contribution in [1.82, 2.24) is 19.7 Å². The van der Waals surface area contributed by atoms with Crippen molar-refractivity contribution < 1.29 is 18.7 Å². The molecule has 0 bridgehead atoms. The van der Waals surface area contributed by atoms with Crippen LogP contribution in [0.4, 0.5) is 4.39 Å². The van der Waals surface area contributed by atoms with Gasteiger partial charge in [0.2, 0.25) is 0 Å². The molecule has 7 nitrogen and oxygen atoms in total. The Morgan fingerprint density at radius 2 is 1.91 bits per heavy atom. The zero-order valence-electron chi connectivity index (χ0n) is 17.9. The van der Waals surface area contributed by atoms with Crippen LogP contribution in [-0.4, -0.2) is 65.9 Å². The van der Waals surface area contributed by atoms with Crippen molar-refractivity contribution in [3.8, 4) is 17.1 Å². The lowest BCUT2D eigenvalue weighted by Crippen LogP contribution is -2.38. The fourth-order valence-corrected chi connectivity index (χ4v) is 4.55. The average Bonchev–Trinajstić information content (AvgIpc) is 3.25. The number of ether oxygens (including phenoxy) is 2. The zero-order chi connectivity index (χ0) is 22.3. The highest BCUT2D eigenvalue weighted by Crippen LogP contribution is 2.30. The second-order valence-electron chi connectivity index (χ2n) is 7.40. The van der Waals surface area contributed by atoms with Gasteiger partial charge in [-0.25, -0.2) is 4.39 Å². The van der Waals surface area contributed by atoms with E-state index in [4.69, 9.17) is 9.47 Å². The second-order valence-corrected chi connectivity index (χ2v) is 8.34. The molecule has 168 valence electrons. The van der Waals surface area contributed by atoms with Crippen LogP contribution in [0.5, 0.6) is 5.75 Å². The third kappa shape index (κ3) is 5.35. The second kappa shape index (κ2) is 10.7. The average molecular weight is 457 g/mol. The summed E-state index contributed by atoms with van der Waals surface area (Å²) in [5, 5.41) is 9.59. The number of halogens is 1. The molecule has 3 aromatic rings. The van der Waals surface area contributed by atoms with Crippen molar-refractivity contribution in [3.05, 3.63) is 59.4 Å². The first-order valence-corrected chi connectivity index (χ1v) is 11.4. The molecule has 1 aliphatic rings. The number of methoxy groups -OCH3 is 1. The van der Waals surface area contributed by atoms with Crippen LogP contribution in [0, 0.1) is 5.82 Å². The van der Waals surface area contributed by atoms with E-state index in [1.54, 1.807) is 31.4 Å². The number of carbonyl (C=O) groups excluding carboxylic acids is 1. The van der Waals surface area contributed by atoms with E-state index in [9.17, 15) is 9.18 Å². The molecule has 0 amide bonds. The van der Waals surface area contributed by atoms with Gasteiger partial charge in [0.25, 0.3) is 0 Å². The van der Waals surface area contributed by atoms with Crippen molar-refractivity contribution in [2.24, 2.45) is 0 Å². The lowest BCUT2D eigenvalue weighted by molar-refractivity contribution is 0.0361. The molecular formula is C23H25FN4O3S. The minimum Gasteiger partial charge on any atom is -0.496 e. The fraction of sp³-hybridized carbons (Fsp3) is 0.348. The molecule has 1 aliphatic heterocycles. The molecule has 1 fully saturated rings. The van der Waals surface area contributed by atoms with Crippen LogP contribution in [0.3, 0.4) is 0 Å². The highest BCUT2D eigenvalue weighted by Gasteiger charge is 2.18. The number of hydrogen-bond donors (Lipinski definition) is 0. The number of rotatable bonds is 9. The van der Waals surface area contributed by atoms with E-state index in [-0.39, 0.29) is 5.82 Å². The van der Waals surface area contributed by atoms with Crippen LogP contribution in [0.25, 0.3) is 11.4 Å². The van der Waals surface area contributed by atoms with Gasteiger partial charge >= 0.3 is 0 Å². The molecule has 1 saturated heterocycles. The van der Waals surface area contributed by atoms with E-state index in [0.29, 0.717) is 23.7 Å². The summed E-state index contributed by atoms with van der Waals surface area (Å²) < 4.78 is 26.4. The van der Waals surface area contributed by atoms with Crippen LogP contribution in [-0.2, 0) is 17.0 Å².